The number of piperidine rings is 1. The minimum Gasteiger partial charge on any atom is -0.340 e. The van der Waals surface area contributed by atoms with Crippen LogP contribution in [0.15, 0.2) is 59.5 Å². The molecule has 0 bridgehead atoms. The molecule has 2 aromatic carbocycles. The van der Waals surface area contributed by atoms with Gasteiger partial charge in [-0.05, 0) is 37.5 Å². The molecule has 2 fully saturated rings. The summed E-state index contributed by atoms with van der Waals surface area (Å²) >= 11 is 0. The summed E-state index contributed by atoms with van der Waals surface area (Å²) in [5, 5.41) is 0. The Balaban J connectivity index is 1.33. The minimum atomic E-state index is -3.55. The number of rotatable bonds is 5. The van der Waals surface area contributed by atoms with E-state index < -0.39 is 10.0 Å². The summed E-state index contributed by atoms with van der Waals surface area (Å²) in [5.74, 6) is -0.154. The molecule has 31 heavy (non-hydrogen) atoms. The number of hydrogen-bond acceptors (Lipinski definition) is 4. The first-order chi connectivity index (χ1) is 14.9. The SMILES string of the molecule is Cc1cccc(CN2CCN(C(=O)C3CCCN(S(=O)(=O)c4ccccc4)C3)CC2)c1. The van der Waals surface area contributed by atoms with Gasteiger partial charge in [0.15, 0.2) is 0 Å². The van der Waals surface area contributed by atoms with Crippen LogP contribution in [0.25, 0.3) is 0 Å². The standard InChI is InChI=1S/C24H31N3O3S/c1-20-7-5-8-21(17-20)18-25-13-15-26(16-14-25)24(28)22-9-6-12-27(19-22)31(29,30)23-10-3-2-4-11-23/h2-5,7-8,10-11,17,22H,6,9,12-16,18-19H2,1H3. The average Bonchev–Trinajstić information content (AvgIpc) is 2.80. The van der Waals surface area contributed by atoms with E-state index in [4.69, 9.17) is 0 Å². The van der Waals surface area contributed by atoms with Crippen molar-refractivity contribution in [3.8, 4) is 0 Å². The highest BCUT2D eigenvalue weighted by molar-refractivity contribution is 7.89. The molecule has 0 aromatic heterocycles. The van der Waals surface area contributed by atoms with Gasteiger partial charge in [-0.25, -0.2) is 8.42 Å². The smallest absolute Gasteiger partial charge is 0.243 e. The molecule has 2 aliphatic heterocycles. The lowest BCUT2D eigenvalue weighted by atomic mass is 9.97. The van der Waals surface area contributed by atoms with Crippen LogP contribution in [0.3, 0.4) is 0 Å². The topological polar surface area (TPSA) is 60.9 Å². The maximum Gasteiger partial charge on any atom is 0.243 e. The highest BCUT2D eigenvalue weighted by Crippen LogP contribution is 2.25. The van der Waals surface area contributed by atoms with Crippen molar-refractivity contribution in [2.24, 2.45) is 5.92 Å². The molecule has 0 radical (unpaired) electrons. The second kappa shape index (κ2) is 9.51. The Morgan fingerprint density at radius 1 is 0.968 bits per heavy atom. The molecule has 1 unspecified atom stereocenters. The van der Waals surface area contributed by atoms with Crippen LogP contribution in [0.5, 0.6) is 0 Å². The molecule has 2 heterocycles. The number of sulfonamides is 1. The van der Waals surface area contributed by atoms with Crippen LogP contribution in [0.4, 0.5) is 0 Å². The van der Waals surface area contributed by atoms with E-state index in [0.717, 1.165) is 32.5 Å². The summed E-state index contributed by atoms with van der Waals surface area (Å²) in [6.07, 6.45) is 1.47. The van der Waals surface area contributed by atoms with Gasteiger partial charge in [-0.15, -0.1) is 0 Å². The Hall–Kier alpha value is -2.22. The Labute approximate surface area is 185 Å². The van der Waals surface area contributed by atoms with Gasteiger partial charge in [0.05, 0.1) is 10.8 Å². The number of nitrogens with zero attached hydrogens (tertiary/aromatic N) is 3. The third-order valence-corrected chi connectivity index (χ3v) is 8.17. The van der Waals surface area contributed by atoms with Gasteiger partial charge in [0, 0.05) is 45.8 Å². The monoisotopic (exact) mass is 441 g/mol. The third kappa shape index (κ3) is 5.17. The number of amides is 1. The summed E-state index contributed by atoms with van der Waals surface area (Å²) in [6, 6.07) is 17.1. The van der Waals surface area contributed by atoms with Crippen molar-refractivity contribution < 1.29 is 13.2 Å². The van der Waals surface area contributed by atoms with Crippen molar-refractivity contribution in [2.45, 2.75) is 31.2 Å². The minimum absolute atomic E-state index is 0.100. The van der Waals surface area contributed by atoms with Crippen LogP contribution < -0.4 is 0 Å². The van der Waals surface area contributed by atoms with E-state index in [1.807, 2.05) is 4.90 Å². The van der Waals surface area contributed by atoms with Gasteiger partial charge in [0.1, 0.15) is 0 Å². The molecule has 1 atom stereocenters. The molecule has 2 aliphatic rings. The number of hydrogen-bond donors (Lipinski definition) is 0. The summed E-state index contributed by atoms with van der Waals surface area (Å²) in [5.41, 5.74) is 2.56. The second-order valence-electron chi connectivity index (χ2n) is 8.61. The zero-order chi connectivity index (χ0) is 21.8. The van der Waals surface area contributed by atoms with Crippen LogP contribution in [0, 0.1) is 12.8 Å². The second-order valence-corrected chi connectivity index (χ2v) is 10.5. The summed E-state index contributed by atoms with van der Waals surface area (Å²) < 4.78 is 27.4. The number of benzene rings is 2. The lowest BCUT2D eigenvalue weighted by molar-refractivity contribution is -0.138. The molecule has 4 rings (SSSR count). The Morgan fingerprint density at radius 3 is 2.42 bits per heavy atom. The first-order valence-corrected chi connectivity index (χ1v) is 12.5. The van der Waals surface area contributed by atoms with Crippen molar-refractivity contribution in [2.75, 3.05) is 39.3 Å². The van der Waals surface area contributed by atoms with Crippen LogP contribution >= 0.6 is 0 Å². The fraction of sp³-hybridized carbons (Fsp3) is 0.458. The average molecular weight is 442 g/mol. The van der Waals surface area contributed by atoms with Crippen LogP contribution in [-0.2, 0) is 21.4 Å². The molecule has 0 spiro atoms. The van der Waals surface area contributed by atoms with E-state index in [1.54, 1.807) is 30.3 Å². The van der Waals surface area contributed by atoms with Crippen molar-refractivity contribution in [3.63, 3.8) is 0 Å². The molecule has 2 aromatic rings. The maximum atomic E-state index is 13.2. The Bertz CT molecular complexity index is 1000. The lowest BCUT2D eigenvalue weighted by Crippen LogP contribution is -2.52. The number of carbonyl (C=O) groups excluding carboxylic acids is 1. The fourth-order valence-corrected chi connectivity index (χ4v) is 6.10. The van der Waals surface area contributed by atoms with Gasteiger partial charge in [-0.2, -0.15) is 4.31 Å². The zero-order valence-corrected chi connectivity index (χ0v) is 18.9. The van der Waals surface area contributed by atoms with Gasteiger partial charge < -0.3 is 4.90 Å². The van der Waals surface area contributed by atoms with E-state index in [1.165, 1.54) is 15.4 Å². The largest absolute Gasteiger partial charge is 0.340 e. The van der Waals surface area contributed by atoms with E-state index in [-0.39, 0.29) is 18.4 Å². The van der Waals surface area contributed by atoms with Crippen molar-refractivity contribution in [3.05, 3.63) is 65.7 Å². The molecule has 166 valence electrons. The molecule has 0 N–H and O–H groups in total. The molecule has 7 heteroatoms. The van der Waals surface area contributed by atoms with Crippen molar-refractivity contribution in [1.82, 2.24) is 14.1 Å². The van der Waals surface area contributed by atoms with Gasteiger partial charge in [0.2, 0.25) is 15.9 Å². The number of aryl methyl sites for hydroxylation is 1. The normalized spacial score (nSPS) is 21.2. The van der Waals surface area contributed by atoms with Crippen LogP contribution in [0.2, 0.25) is 0 Å². The van der Waals surface area contributed by atoms with Gasteiger partial charge >= 0.3 is 0 Å². The Kier molecular flexibility index (Phi) is 6.74. The first kappa shape index (κ1) is 22.0. The molecular formula is C24H31N3O3S. The zero-order valence-electron chi connectivity index (χ0n) is 18.1. The highest BCUT2D eigenvalue weighted by atomic mass is 32.2. The van der Waals surface area contributed by atoms with Crippen LogP contribution in [0.1, 0.15) is 24.0 Å². The van der Waals surface area contributed by atoms with Crippen LogP contribution in [-0.4, -0.2) is 67.7 Å². The molecule has 0 saturated carbocycles. The number of piperazine rings is 1. The first-order valence-electron chi connectivity index (χ1n) is 11.1. The van der Waals surface area contributed by atoms with E-state index in [0.29, 0.717) is 24.5 Å². The lowest BCUT2D eigenvalue weighted by Gasteiger charge is -2.38. The summed E-state index contributed by atoms with van der Waals surface area (Å²) in [6.45, 7) is 6.85. The predicted octanol–water partition coefficient (Wildman–Crippen LogP) is 2.74. The Morgan fingerprint density at radius 2 is 1.71 bits per heavy atom. The van der Waals surface area contributed by atoms with Gasteiger partial charge in [-0.1, -0.05) is 48.0 Å². The molecular weight excluding hydrogens is 410 g/mol. The van der Waals surface area contributed by atoms with Gasteiger partial charge in [-0.3, -0.25) is 9.69 Å². The molecule has 6 nitrogen and oxygen atoms in total. The number of carbonyl (C=O) groups is 1. The summed E-state index contributed by atoms with van der Waals surface area (Å²) in [4.78, 5) is 17.8. The summed E-state index contributed by atoms with van der Waals surface area (Å²) in [7, 11) is -3.55. The van der Waals surface area contributed by atoms with E-state index in [9.17, 15) is 13.2 Å². The van der Waals surface area contributed by atoms with E-state index >= 15 is 0 Å². The van der Waals surface area contributed by atoms with E-state index in [2.05, 4.69) is 36.1 Å². The maximum absolute atomic E-state index is 13.2. The molecule has 1 amide bonds. The molecule has 0 aliphatic carbocycles. The predicted molar refractivity (Wildman–Crippen MR) is 121 cm³/mol. The van der Waals surface area contributed by atoms with Crippen molar-refractivity contribution >= 4 is 15.9 Å². The molecule has 2 saturated heterocycles. The van der Waals surface area contributed by atoms with Gasteiger partial charge in [0.25, 0.3) is 0 Å². The highest BCUT2D eigenvalue weighted by Gasteiger charge is 2.35. The fourth-order valence-electron chi connectivity index (χ4n) is 4.56. The quantitative estimate of drug-likeness (QED) is 0.716. The third-order valence-electron chi connectivity index (χ3n) is 6.29. The van der Waals surface area contributed by atoms with Crippen molar-refractivity contribution in [1.29, 1.82) is 0 Å².